The molecule has 0 bridgehead atoms. The molecule has 2 rings (SSSR count). The third kappa shape index (κ3) is 4.13. The number of nitrogens with zero attached hydrogens (tertiary/aromatic N) is 2. The van der Waals surface area contributed by atoms with Crippen LogP contribution in [0.2, 0.25) is 10.0 Å². The van der Waals surface area contributed by atoms with E-state index in [0.717, 1.165) is 4.70 Å². The van der Waals surface area contributed by atoms with Gasteiger partial charge in [0.2, 0.25) is 5.91 Å². The summed E-state index contributed by atoms with van der Waals surface area (Å²) >= 11 is 13.6. The van der Waals surface area contributed by atoms with Gasteiger partial charge in [-0.1, -0.05) is 41.5 Å². The minimum absolute atomic E-state index is 0.0772. The minimum atomic E-state index is -0.423. The summed E-state index contributed by atoms with van der Waals surface area (Å²) in [6.45, 7) is 3.83. The van der Waals surface area contributed by atoms with Crippen LogP contribution in [0.15, 0.2) is 17.1 Å². The molecular formula is C15H16Cl2N2O3S. The van der Waals surface area contributed by atoms with Crippen molar-refractivity contribution < 1.29 is 14.3 Å². The summed E-state index contributed by atoms with van der Waals surface area (Å²) in [7, 11) is 0. The predicted octanol–water partition coefficient (Wildman–Crippen LogP) is 3.80. The summed E-state index contributed by atoms with van der Waals surface area (Å²) in [6.07, 6.45) is 1.06. The molecular weight excluding hydrogens is 359 g/mol. The first-order valence-electron chi connectivity index (χ1n) is 7.18. The van der Waals surface area contributed by atoms with Crippen molar-refractivity contribution in [3.8, 4) is 0 Å². The van der Waals surface area contributed by atoms with Gasteiger partial charge in [0.15, 0.2) is 4.80 Å². The Labute approximate surface area is 147 Å². The molecule has 1 aromatic heterocycles. The van der Waals surface area contributed by atoms with Crippen LogP contribution in [0.1, 0.15) is 26.7 Å². The van der Waals surface area contributed by atoms with Crippen LogP contribution in [0.4, 0.5) is 0 Å². The second-order valence-electron chi connectivity index (χ2n) is 4.74. The molecule has 0 saturated heterocycles. The molecule has 0 aliphatic rings. The number of halogens is 2. The van der Waals surface area contributed by atoms with Crippen molar-refractivity contribution in [3.05, 3.63) is 27.0 Å². The van der Waals surface area contributed by atoms with Crippen molar-refractivity contribution in [1.29, 1.82) is 0 Å². The van der Waals surface area contributed by atoms with Crippen LogP contribution in [-0.2, 0) is 20.9 Å². The molecule has 1 amide bonds. The van der Waals surface area contributed by atoms with E-state index < -0.39 is 5.97 Å². The zero-order chi connectivity index (χ0) is 17.0. The van der Waals surface area contributed by atoms with E-state index in [2.05, 4.69) is 4.99 Å². The van der Waals surface area contributed by atoms with Gasteiger partial charge in [-0.05, 0) is 25.5 Å². The van der Waals surface area contributed by atoms with Crippen LogP contribution < -0.4 is 4.80 Å². The van der Waals surface area contributed by atoms with Gasteiger partial charge in [0.1, 0.15) is 6.54 Å². The molecule has 0 aliphatic carbocycles. The van der Waals surface area contributed by atoms with E-state index in [9.17, 15) is 9.59 Å². The Balaban J connectivity index is 2.63. The first kappa shape index (κ1) is 18.0. The molecule has 0 saturated carbocycles. The molecule has 0 radical (unpaired) electrons. The predicted molar refractivity (Wildman–Crippen MR) is 91.9 cm³/mol. The first-order valence-corrected chi connectivity index (χ1v) is 8.75. The van der Waals surface area contributed by atoms with Gasteiger partial charge in [-0.25, -0.2) is 0 Å². The summed E-state index contributed by atoms with van der Waals surface area (Å²) in [4.78, 5) is 28.2. The van der Waals surface area contributed by atoms with E-state index in [4.69, 9.17) is 27.9 Å². The number of ether oxygens (including phenoxy) is 1. The van der Waals surface area contributed by atoms with Gasteiger partial charge in [0.05, 0.1) is 26.9 Å². The maximum absolute atomic E-state index is 11.9. The minimum Gasteiger partial charge on any atom is -0.465 e. The van der Waals surface area contributed by atoms with Crippen LogP contribution in [0.25, 0.3) is 10.2 Å². The van der Waals surface area contributed by atoms with E-state index in [-0.39, 0.29) is 19.1 Å². The highest BCUT2D eigenvalue weighted by atomic mass is 35.5. The Bertz CT molecular complexity index is 811. The van der Waals surface area contributed by atoms with Gasteiger partial charge >= 0.3 is 5.97 Å². The molecule has 2 aromatic rings. The molecule has 0 spiro atoms. The standard InChI is InChI=1S/C15H16Cl2N2O3S/c1-3-5-11(20)18-15-19(8-12(21)22-4-2)14-10(23-15)7-6-9(16)13(14)17/h6-7H,3-5,8H2,1-2H3. The van der Waals surface area contributed by atoms with E-state index in [1.54, 1.807) is 23.6 Å². The van der Waals surface area contributed by atoms with Gasteiger partial charge in [0, 0.05) is 6.42 Å². The average molecular weight is 375 g/mol. The number of rotatable bonds is 5. The average Bonchev–Trinajstić information content (AvgIpc) is 2.82. The number of amides is 1. The topological polar surface area (TPSA) is 60.7 Å². The number of hydrogen-bond acceptors (Lipinski definition) is 4. The molecule has 0 aliphatic heterocycles. The number of hydrogen-bond donors (Lipinski definition) is 0. The zero-order valence-corrected chi connectivity index (χ0v) is 15.1. The molecule has 8 heteroatoms. The second-order valence-corrected chi connectivity index (χ2v) is 6.53. The largest absolute Gasteiger partial charge is 0.465 e. The van der Waals surface area contributed by atoms with Gasteiger partial charge < -0.3 is 9.30 Å². The number of esters is 1. The number of fused-ring (bicyclic) bond motifs is 1. The molecule has 0 unspecified atom stereocenters. The van der Waals surface area contributed by atoms with E-state index in [1.807, 2.05) is 6.92 Å². The van der Waals surface area contributed by atoms with E-state index in [1.165, 1.54) is 11.3 Å². The van der Waals surface area contributed by atoms with E-state index in [0.29, 0.717) is 33.2 Å². The molecule has 23 heavy (non-hydrogen) atoms. The van der Waals surface area contributed by atoms with Crippen LogP contribution in [-0.4, -0.2) is 23.1 Å². The summed E-state index contributed by atoms with van der Waals surface area (Å²) in [5.74, 6) is -0.661. The Kier molecular flexibility index (Phi) is 6.21. The van der Waals surface area contributed by atoms with Crippen molar-refractivity contribution in [2.45, 2.75) is 33.2 Å². The second kappa shape index (κ2) is 7.95. The number of carbonyl (C=O) groups excluding carboxylic acids is 2. The fourth-order valence-electron chi connectivity index (χ4n) is 2.05. The van der Waals surface area contributed by atoms with Crippen molar-refractivity contribution in [2.75, 3.05) is 6.61 Å². The Morgan fingerprint density at radius 2 is 2.04 bits per heavy atom. The molecule has 1 aromatic carbocycles. The van der Waals surface area contributed by atoms with Gasteiger partial charge in [-0.3, -0.25) is 9.59 Å². The van der Waals surface area contributed by atoms with Gasteiger partial charge in [-0.15, -0.1) is 0 Å². The molecule has 1 heterocycles. The summed E-state index contributed by atoms with van der Waals surface area (Å²) in [5, 5.41) is 0.704. The van der Waals surface area contributed by atoms with Crippen molar-refractivity contribution >= 4 is 56.6 Å². The normalized spacial score (nSPS) is 11.9. The Hall–Kier alpha value is -1.37. The third-order valence-corrected chi connectivity index (χ3v) is 4.85. The maximum Gasteiger partial charge on any atom is 0.326 e. The zero-order valence-electron chi connectivity index (χ0n) is 12.8. The Morgan fingerprint density at radius 3 is 2.70 bits per heavy atom. The van der Waals surface area contributed by atoms with Crippen LogP contribution in [0.5, 0.6) is 0 Å². The highest BCUT2D eigenvalue weighted by Gasteiger charge is 2.16. The first-order chi connectivity index (χ1) is 11.0. The van der Waals surface area contributed by atoms with Crippen molar-refractivity contribution in [1.82, 2.24) is 4.57 Å². The van der Waals surface area contributed by atoms with E-state index >= 15 is 0 Å². The molecule has 0 N–H and O–H groups in total. The molecule has 5 nitrogen and oxygen atoms in total. The molecule has 0 fully saturated rings. The smallest absolute Gasteiger partial charge is 0.326 e. The van der Waals surface area contributed by atoms with Crippen LogP contribution in [0, 0.1) is 0 Å². The highest BCUT2D eigenvalue weighted by Crippen LogP contribution is 2.32. The summed E-state index contributed by atoms with van der Waals surface area (Å²) in [6, 6.07) is 3.47. The lowest BCUT2D eigenvalue weighted by Crippen LogP contribution is -2.23. The van der Waals surface area contributed by atoms with Crippen molar-refractivity contribution in [3.63, 3.8) is 0 Å². The number of benzene rings is 1. The maximum atomic E-state index is 11.9. The molecule has 0 atom stereocenters. The number of carbonyl (C=O) groups is 2. The lowest BCUT2D eigenvalue weighted by atomic mass is 10.3. The number of aromatic nitrogens is 1. The number of thiazole rings is 1. The lowest BCUT2D eigenvalue weighted by Gasteiger charge is -2.06. The highest BCUT2D eigenvalue weighted by molar-refractivity contribution is 7.16. The van der Waals surface area contributed by atoms with Crippen molar-refractivity contribution in [2.24, 2.45) is 4.99 Å². The molecule has 124 valence electrons. The SMILES string of the molecule is CCCC(=O)N=c1sc2ccc(Cl)c(Cl)c2n1CC(=O)OCC. The summed E-state index contributed by atoms with van der Waals surface area (Å²) < 4.78 is 7.36. The van der Waals surface area contributed by atoms with Crippen LogP contribution >= 0.6 is 34.5 Å². The fraction of sp³-hybridized carbons (Fsp3) is 0.400. The Morgan fingerprint density at radius 1 is 1.30 bits per heavy atom. The fourth-order valence-corrected chi connectivity index (χ4v) is 3.58. The lowest BCUT2D eigenvalue weighted by molar-refractivity contribution is -0.143. The monoisotopic (exact) mass is 374 g/mol. The summed E-state index contributed by atoms with van der Waals surface area (Å²) in [5.41, 5.74) is 0.584. The third-order valence-electron chi connectivity index (χ3n) is 3.01. The van der Waals surface area contributed by atoms with Crippen LogP contribution in [0.3, 0.4) is 0 Å². The van der Waals surface area contributed by atoms with Gasteiger partial charge in [0.25, 0.3) is 0 Å². The van der Waals surface area contributed by atoms with Gasteiger partial charge in [-0.2, -0.15) is 4.99 Å². The quantitative estimate of drug-likeness (QED) is 0.747.